The van der Waals surface area contributed by atoms with Crippen molar-refractivity contribution >= 4 is 45.1 Å². The van der Waals surface area contributed by atoms with Crippen LogP contribution in [0.1, 0.15) is 31.7 Å². The van der Waals surface area contributed by atoms with Gasteiger partial charge in [0, 0.05) is 19.0 Å². The van der Waals surface area contributed by atoms with E-state index in [4.69, 9.17) is 21.1 Å². The van der Waals surface area contributed by atoms with Gasteiger partial charge in [-0.25, -0.2) is 4.98 Å². The largest absolute Gasteiger partial charge is 0.348 e. The van der Waals surface area contributed by atoms with Crippen molar-refractivity contribution in [2.24, 2.45) is 0 Å². The molecule has 2 aromatic rings. The first kappa shape index (κ1) is 14.2. The third kappa shape index (κ3) is 2.36. The molecule has 2 aromatic heterocycles. The number of aromatic nitrogens is 3. The molecule has 1 spiro atoms. The van der Waals surface area contributed by atoms with Crippen LogP contribution in [0.3, 0.4) is 0 Å². The fourth-order valence-electron chi connectivity index (χ4n) is 3.36. The molecule has 21 heavy (non-hydrogen) atoms. The van der Waals surface area contributed by atoms with Gasteiger partial charge < -0.3 is 9.47 Å². The van der Waals surface area contributed by atoms with E-state index in [1.165, 1.54) is 0 Å². The highest BCUT2D eigenvalue weighted by Gasteiger charge is 2.41. The van der Waals surface area contributed by atoms with Gasteiger partial charge in [-0.15, -0.1) is 0 Å². The highest BCUT2D eigenvalue weighted by atomic mass is 127. The summed E-state index contributed by atoms with van der Waals surface area (Å²) in [5.74, 6) is -0.328. The summed E-state index contributed by atoms with van der Waals surface area (Å²) in [6.07, 6.45) is 5.61. The Morgan fingerprint density at radius 1 is 1.29 bits per heavy atom. The summed E-state index contributed by atoms with van der Waals surface area (Å²) in [6.45, 7) is 1.43. The summed E-state index contributed by atoms with van der Waals surface area (Å²) >= 11 is 8.43. The third-order valence-corrected chi connectivity index (χ3v) is 5.45. The van der Waals surface area contributed by atoms with Gasteiger partial charge in [0.2, 0.25) is 0 Å². The van der Waals surface area contributed by atoms with E-state index in [0.717, 1.165) is 40.3 Å². The molecule has 0 amide bonds. The Bertz CT molecular complexity index is 674. The van der Waals surface area contributed by atoms with E-state index in [1.807, 2.05) is 6.07 Å². The minimum absolute atomic E-state index is 0.328. The molecular weight excluding hydrogens is 405 g/mol. The van der Waals surface area contributed by atoms with Gasteiger partial charge in [0.05, 0.1) is 30.2 Å². The van der Waals surface area contributed by atoms with Crippen LogP contribution in [0.4, 0.5) is 0 Å². The number of hydrogen-bond acceptors (Lipinski definition) is 4. The molecule has 5 nitrogen and oxygen atoms in total. The summed E-state index contributed by atoms with van der Waals surface area (Å²) in [5, 5.41) is 6.16. The molecule has 2 aliphatic rings. The topological polar surface area (TPSA) is 49.2 Å². The van der Waals surface area contributed by atoms with Gasteiger partial charge in [0.1, 0.15) is 8.85 Å². The molecule has 2 fully saturated rings. The van der Waals surface area contributed by atoms with E-state index < -0.39 is 0 Å². The zero-order valence-electron chi connectivity index (χ0n) is 11.4. The van der Waals surface area contributed by atoms with Crippen molar-refractivity contribution in [3.05, 3.63) is 21.1 Å². The fourth-order valence-corrected chi connectivity index (χ4v) is 4.52. The molecule has 7 heteroatoms. The van der Waals surface area contributed by atoms with Gasteiger partial charge in [0.15, 0.2) is 5.79 Å². The zero-order chi connectivity index (χ0) is 14.4. The summed E-state index contributed by atoms with van der Waals surface area (Å²) in [6, 6.07) is 2.36. The number of ether oxygens (including phenoxy) is 2. The second kappa shape index (κ2) is 5.33. The van der Waals surface area contributed by atoms with Crippen molar-refractivity contribution in [2.45, 2.75) is 37.5 Å². The molecule has 0 atom stereocenters. The summed E-state index contributed by atoms with van der Waals surface area (Å²) in [7, 11) is 0. The van der Waals surface area contributed by atoms with Crippen molar-refractivity contribution in [1.82, 2.24) is 14.8 Å². The van der Waals surface area contributed by atoms with E-state index in [9.17, 15) is 0 Å². The highest BCUT2D eigenvalue weighted by molar-refractivity contribution is 14.1. The van der Waals surface area contributed by atoms with Crippen molar-refractivity contribution < 1.29 is 9.47 Å². The lowest BCUT2D eigenvalue weighted by Gasteiger charge is -2.35. The number of halogens is 2. The molecule has 0 bridgehead atoms. The lowest BCUT2D eigenvalue weighted by Crippen LogP contribution is -2.36. The molecule has 112 valence electrons. The lowest BCUT2D eigenvalue weighted by atomic mass is 9.90. The van der Waals surface area contributed by atoms with Crippen LogP contribution in [-0.2, 0) is 9.47 Å². The van der Waals surface area contributed by atoms with Crippen LogP contribution in [0.25, 0.3) is 10.9 Å². The maximum Gasteiger partial charge on any atom is 0.168 e. The van der Waals surface area contributed by atoms with E-state index in [1.54, 1.807) is 6.20 Å². The maximum absolute atomic E-state index is 6.20. The van der Waals surface area contributed by atoms with Crippen molar-refractivity contribution in [3.8, 4) is 0 Å². The quantitative estimate of drug-likeness (QED) is 0.524. The van der Waals surface area contributed by atoms with Gasteiger partial charge >= 0.3 is 0 Å². The van der Waals surface area contributed by atoms with Crippen molar-refractivity contribution in [2.75, 3.05) is 13.2 Å². The van der Waals surface area contributed by atoms with Gasteiger partial charge in [0.25, 0.3) is 0 Å². The van der Waals surface area contributed by atoms with E-state index >= 15 is 0 Å². The monoisotopic (exact) mass is 419 g/mol. The van der Waals surface area contributed by atoms with Crippen LogP contribution in [0.2, 0.25) is 5.15 Å². The van der Waals surface area contributed by atoms with Crippen LogP contribution in [0.5, 0.6) is 0 Å². The van der Waals surface area contributed by atoms with E-state index in [0.29, 0.717) is 24.4 Å². The molecule has 0 aromatic carbocycles. The molecule has 1 saturated heterocycles. The van der Waals surface area contributed by atoms with Crippen LogP contribution < -0.4 is 0 Å². The lowest BCUT2D eigenvalue weighted by molar-refractivity contribution is -0.181. The Balaban J connectivity index is 1.64. The van der Waals surface area contributed by atoms with Gasteiger partial charge in [-0.2, -0.15) is 5.10 Å². The number of nitrogens with zero attached hydrogens (tertiary/aromatic N) is 3. The van der Waals surface area contributed by atoms with Crippen molar-refractivity contribution in [1.29, 1.82) is 0 Å². The second-order valence-corrected chi connectivity index (χ2v) is 6.95. The molecule has 1 aliphatic carbocycles. The Hall–Kier alpha value is -0.440. The predicted octanol–water partition coefficient (Wildman–Crippen LogP) is 3.55. The van der Waals surface area contributed by atoms with Gasteiger partial charge in [-0.3, -0.25) is 4.68 Å². The Morgan fingerprint density at radius 3 is 2.71 bits per heavy atom. The van der Waals surface area contributed by atoms with Crippen LogP contribution in [0.15, 0.2) is 12.3 Å². The molecule has 1 saturated carbocycles. The number of rotatable bonds is 1. The SMILES string of the molecule is Clc1nccc2c1c(I)nn2C1CCC2(CC1)OCCO2. The summed E-state index contributed by atoms with van der Waals surface area (Å²) in [4.78, 5) is 4.15. The van der Waals surface area contributed by atoms with Crippen LogP contribution >= 0.6 is 34.2 Å². The van der Waals surface area contributed by atoms with Gasteiger partial charge in [-0.1, -0.05) is 11.6 Å². The summed E-state index contributed by atoms with van der Waals surface area (Å²) in [5.41, 5.74) is 1.06. The molecule has 0 N–H and O–H groups in total. The third-order valence-electron chi connectivity index (χ3n) is 4.41. The summed E-state index contributed by atoms with van der Waals surface area (Å²) < 4.78 is 14.6. The van der Waals surface area contributed by atoms with E-state index in [-0.39, 0.29) is 5.79 Å². The first-order chi connectivity index (χ1) is 10.2. The Kier molecular flexibility index (Phi) is 3.60. The van der Waals surface area contributed by atoms with Crippen LogP contribution in [-0.4, -0.2) is 33.8 Å². The average Bonchev–Trinajstić information content (AvgIpc) is 3.07. The fraction of sp³-hybridized carbons (Fsp3) is 0.571. The number of fused-ring (bicyclic) bond motifs is 1. The maximum atomic E-state index is 6.20. The number of pyridine rings is 1. The minimum atomic E-state index is -0.328. The molecular formula is C14H15ClIN3O2. The Labute approximate surface area is 141 Å². The molecule has 0 radical (unpaired) electrons. The molecule has 4 rings (SSSR count). The standard InChI is InChI=1S/C14H15ClIN3O2/c15-12-11-10(3-6-17-12)19(18-13(11)16)9-1-4-14(5-2-9)20-7-8-21-14/h3,6,9H,1-2,4-5,7-8H2. The second-order valence-electron chi connectivity index (χ2n) is 5.57. The zero-order valence-corrected chi connectivity index (χ0v) is 14.3. The minimum Gasteiger partial charge on any atom is -0.348 e. The van der Waals surface area contributed by atoms with E-state index in [2.05, 4.69) is 37.4 Å². The molecule has 1 aliphatic heterocycles. The van der Waals surface area contributed by atoms with Gasteiger partial charge in [-0.05, 0) is 41.5 Å². The Morgan fingerprint density at radius 2 is 2.00 bits per heavy atom. The predicted molar refractivity (Wildman–Crippen MR) is 87.4 cm³/mol. The molecule has 0 unspecified atom stereocenters. The normalized spacial score (nSPS) is 22.4. The first-order valence-corrected chi connectivity index (χ1v) is 8.60. The highest BCUT2D eigenvalue weighted by Crippen LogP contribution is 2.41. The number of hydrogen-bond donors (Lipinski definition) is 0. The van der Waals surface area contributed by atoms with Crippen molar-refractivity contribution in [3.63, 3.8) is 0 Å². The molecule has 3 heterocycles. The smallest absolute Gasteiger partial charge is 0.168 e. The first-order valence-electron chi connectivity index (χ1n) is 7.15. The average molecular weight is 420 g/mol. The van der Waals surface area contributed by atoms with Crippen LogP contribution in [0, 0.1) is 3.70 Å².